The number of hydrogen-bond donors (Lipinski definition) is 2. The molecule has 128 valence electrons. The number of aliphatic hydroxyl groups is 2. The lowest BCUT2D eigenvalue weighted by molar-refractivity contribution is -0.215. The van der Waals surface area contributed by atoms with Gasteiger partial charge in [0.25, 0.3) is 0 Å². The van der Waals surface area contributed by atoms with E-state index in [1.165, 1.54) is 0 Å². The highest BCUT2D eigenvalue weighted by molar-refractivity contribution is 5.71. The maximum Gasteiger partial charge on any atom is 0.308 e. The minimum atomic E-state index is -1.30. The molecule has 0 saturated carbocycles. The molecule has 6 heteroatoms. The maximum atomic E-state index is 11.8. The summed E-state index contributed by atoms with van der Waals surface area (Å²) in [6, 6.07) is 8.75. The number of hydrogen-bond acceptors (Lipinski definition) is 6. The van der Waals surface area contributed by atoms with Crippen molar-refractivity contribution in [1.29, 1.82) is 0 Å². The molecule has 0 bridgehead atoms. The SMILES string of the molecule is CCO[C@H]1[C@H]([C@H](O)[C@H](O)c2ccccc2)OC(=O)C[C@H]1OCC. The summed E-state index contributed by atoms with van der Waals surface area (Å²) in [6.45, 7) is 4.45. The molecule has 1 aromatic rings. The zero-order chi connectivity index (χ0) is 16.8. The Kier molecular flexibility index (Phi) is 6.53. The number of cyclic esters (lactones) is 1. The number of carbonyl (C=O) groups is 1. The van der Waals surface area contributed by atoms with E-state index in [2.05, 4.69) is 0 Å². The van der Waals surface area contributed by atoms with Crippen LogP contribution in [0.3, 0.4) is 0 Å². The van der Waals surface area contributed by atoms with Gasteiger partial charge in [0.1, 0.15) is 18.3 Å². The first kappa shape index (κ1) is 17.9. The van der Waals surface area contributed by atoms with Crippen molar-refractivity contribution in [2.45, 2.75) is 50.8 Å². The topological polar surface area (TPSA) is 85.2 Å². The van der Waals surface area contributed by atoms with Crippen LogP contribution in [0, 0.1) is 0 Å². The van der Waals surface area contributed by atoms with Crippen LogP contribution in [-0.2, 0) is 19.0 Å². The van der Waals surface area contributed by atoms with Crippen LogP contribution >= 0.6 is 0 Å². The zero-order valence-corrected chi connectivity index (χ0v) is 13.4. The molecule has 1 saturated heterocycles. The van der Waals surface area contributed by atoms with E-state index in [-0.39, 0.29) is 6.42 Å². The Balaban J connectivity index is 2.20. The number of aliphatic hydroxyl groups excluding tert-OH is 2. The molecule has 0 unspecified atom stereocenters. The molecule has 1 aromatic carbocycles. The molecule has 2 N–H and O–H groups in total. The van der Waals surface area contributed by atoms with Crippen molar-refractivity contribution in [3.63, 3.8) is 0 Å². The average molecular weight is 324 g/mol. The number of carbonyl (C=O) groups excluding carboxylic acids is 1. The lowest BCUT2D eigenvalue weighted by Crippen LogP contribution is -2.55. The van der Waals surface area contributed by atoms with E-state index in [1.807, 2.05) is 19.9 Å². The molecule has 1 fully saturated rings. The first-order chi connectivity index (χ1) is 11.1. The molecule has 5 atom stereocenters. The largest absolute Gasteiger partial charge is 0.457 e. The Bertz CT molecular complexity index is 491. The van der Waals surface area contributed by atoms with Gasteiger partial charge < -0.3 is 24.4 Å². The van der Waals surface area contributed by atoms with Crippen molar-refractivity contribution < 1.29 is 29.2 Å². The predicted molar refractivity (Wildman–Crippen MR) is 82.7 cm³/mol. The maximum absolute atomic E-state index is 11.8. The molecule has 0 radical (unpaired) electrons. The minimum Gasteiger partial charge on any atom is -0.457 e. The third-order valence-corrected chi connectivity index (χ3v) is 3.87. The summed E-state index contributed by atoms with van der Waals surface area (Å²) in [5.74, 6) is -0.469. The van der Waals surface area contributed by atoms with Gasteiger partial charge in [0, 0.05) is 13.2 Å². The Morgan fingerprint density at radius 3 is 2.43 bits per heavy atom. The summed E-state index contributed by atoms with van der Waals surface area (Å²) >= 11 is 0. The van der Waals surface area contributed by atoms with Crippen LogP contribution in [0.5, 0.6) is 0 Å². The minimum absolute atomic E-state index is 0.0726. The fraction of sp³-hybridized carbons (Fsp3) is 0.588. The molecule has 23 heavy (non-hydrogen) atoms. The molecule has 0 amide bonds. The zero-order valence-electron chi connectivity index (χ0n) is 13.4. The Labute approximate surface area is 136 Å². The molecule has 2 rings (SSSR count). The van der Waals surface area contributed by atoms with E-state index < -0.39 is 36.5 Å². The predicted octanol–water partition coefficient (Wildman–Crippen LogP) is 1.21. The van der Waals surface area contributed by atoms with Crippen molar-refractivity contribution in [2.75, 3.05) is 13.2 Å². The van der Waals surface area contributed by atoms with Crippen molar-refractivity contribution in [1.82, 2.24) is 0 Å². The van der Waals surface area contributed by atoms with Gasteiger partial charge in [-0.1, -0.05) is 30.3 Å². The normalized spacial score (nSPS) is 27.3. The summed E-state index contributed by atoms with van der Waals surface area (Å²) in [4.78, 5) is 11.8. The molecule has 0 aromatic heterocycles. The smallest absolute Gasteiger partial charge is 0.308 e. The number of benzene rings is 1. The number of rotatable bonds is 7. The molecule has 0 spiro atoms. The fourth-order valence-electron chi connectivity index (χ4n) is 2.81. The molecule has 6 nitrogen and oxygen atoms in total. The Morgan fingerprint density at radius 2 is 1.83 bits per heavy atom. The molecular weight excluding hydrogens is 300 g/mol. The van der Waals surface area contributed by atoms with Crippen molar-refractivity contribution in [3.05, 3.63) is 35.9 Å². The quantitative estimate of drug-likeness (QED) is 0.733. The number of esters is 1. The van der Waals surface area contributed by atoms with E-state index >= 15 is 0 Å². The van der Waals surface area contributed by atoms with Gasteiger partial charge in [-0.2, -0.15) is 0 Å². The second-order valence-electron chi connectivity index (χ2n) is 5.42. The van der Waals surface area contributed by atoms with Crippen LogP contribution in [-0.4, -0.2) is 53.8 Å². The summed E-state index contributed by atoms with van der Waals surface area (Å²) in [7, 11) is 0. The lowest BCUT2D eigenvalue weighted by Gasteiger charge is -2.39. The highest BCUT2D eigenvalue weighted by Gasteiger charge is 2.45. The molecular formula is C17H24O6. The van der Waals surface area contributed by atoms with Crippen molar-refractivity contribution >= 4 is 5.97 Å². The van der Waals surface area contributed by atoms with E-state index in [0.29, 0.717) is 18.8 Å². The van der Waals surface area contributed by atoms with E-state index in [1.54, 1.807) is 24.3 Å². The van der Waals surface area contributed by atoms with Crippen molar-refractivity contribution in [3.8, 4) is 0 Å². The third kappa shape index (κ3) is 4.29. The standard InChI is InChI=1S/C17H24O6/c1-3-21-12-10-13(18)23-17(16(12)22-4-2)15(20)14(19)11-8-6-5-7-9-11/h5-9,12,14-17,19-20H,3-4,10H2,1-2H3/t12-,14-,15-,16-,17+/m1/s1. The number of ether oxygens (including phenoxy) is 3. The fourth-order valence-corrected chi connectivity index (χ4v) is 2.81. The van der Waals surface area contributed by atoms with E-state index in [4.69, 9.17) is 14.2 Å². The van der Waals surface area contributed by atoms with Crippen LogP contribution < -0.4 is 0 Å². The summed E-state index contributed by atoms with van der Waals surface area (Å²) in [5.41, 5.74) is 0.546. The van der Waals surface area contributed by atoms with Gasteiger partial charge in [-0.3, -0.25) is 4.79 Å². The van der Waals surface area contributed by atoms with Crippen molar-refractivity contribution in [2.24, 2.45) is 0 Å². The van der Waals surface area contributed by atoms with Gasteiger partial charge in [-0.15, -0.1) is 0 Å². The summed E-state index contributed by atoms with van der Waals surface area (Å²) in [6.07, 6.45) is -4.51. The third-order valence-electron chi connectivity index (χ3n) is 3.87. The van der Waals surface area contributed by atoms with Crippen LogP contribution in [0.1, 0.15) is 31.9 Å². The van der Waals surface area contributed by atoms with Gasteiger partial charge in [-0.05, 0) is 19.4 Å². The first-order valence-corrected chi connectivity index (χ1v) is 7.92. The Morgan fingerprint density at radius 1 is 1.17 bits per heavy atom. The second kappa shape index (κ2) is 8.40. The molecule has 1 aliphatic rings. The van der Waals surface area contributed by atoms with Crippen LogP contribution in [0.2, 0.25) is 0 Å². The average Bonchev–Trinajstić information content (AvgIpc) is 2.56. The molecule has 1 heterocycles. The van der Waals surface area contributed by atoms with Crippen LogP contribution in [0.25, 0.3) is 0 Å². The van der Waals surface area contributed by atoms with Gasteiger partial charge in [0.2, 0.25) is 0 Å². The van der Waals surface area contributed by atoms with Crippen LogP contribution in [0.4, 0.5) is 0 Å². The van der Waals surface area contributed by atoms with Crippen LogP contribution in [0.15, 0.2) is 30.3 Å². The summed E-state index contributed by atoms with van der Waals surface area (Å²) in [5, 5.41) is 20.9. The summed E-state index contributed by atoms with van der Waals surface area (Å²) < 4.78 is 16.5. The van der Waals surface area contributed by atoms with E-state index in [9.17, 15) is 15.0 Å². The van der Waals surface area contributed by atoms with Gasteiger partial charge >= 0.3 is 5.97 Å². The highest BCUT2D eigenvalue weighted by atomic mass is 16.6. The van der Waals surface area contributed by atoms with Gasteiger partial charge in [0.05, 0.1) is 12.5 Å². The Hall–Kier alpha value is -1.47. The van der Waals surface area contributed by atoms with Gasteiger partial charge in [0.15, 0.2) is 6.10 Å². The highest BCUT2D eigenvalue weighted by Crippen LogP contribution is 2.29. The van der Waals surface area contributed by atoms with Gasteiger partial charge in [-0.25, -0.2) is 0 Å². The monoisotopic (exact) mass is 324 g/mol. The lowest BCUT2D eigenvalue weighted by atomic mass is 9.92. The van der Waals surface area contributed by atoms with E-state index in [0.717, 1.165) is 0 Å². The molecule has 0 aliphatic carbocycles. The second-order valence-corrected chi connectivity index (χ2v) is 5.42. The first-order valence-electron chi connectivity index (χ1n) is 7.92. The molecule has 1 aliphatic heterocycles.